The number of carbonyl (C=O) groups excluding carboxylic acids is 1. The van der Waals surface area contributed by atoms with E-state index in [-0.39, 0.29) is 11.7 Å². The molecule has 1 amide bonds. The molecule has 98 valence electrons. The predicted molar refractivity (Wildman–Crippen MR) is 73.0 cm³/mol. The van der Waals surface area contributed by atoms with Gasteiger partial charge in [-0.1, -0.05) is 6.07 Å². The highest BCUT2D eigenvalue weighted by Gasteiger charge is 2.11. The molecule has 0 fully saturated rings. The number of aryl methyl sites for hydroxylation is 1. The van der Waals surface area contributed by atoms with Gasteiger partial charge in [-0.15, -0.1) is 0 Å². The molecule has 0 bridgehead atoms. The van der Waals surface area contributed by atoms with Crippen LogP contribution in [0.4, 0.5) is 0 Å². The summed E-state index contributed by atoms with van der Waals surface area (Å²) in [6.07, 6.45) is 3.46. The van der Waals surface area contributed by atoms with Crippen LogP contribution in [-0.2, 0) is 6.54 Å². The molecular formula is C15H16N2O2. The minimum Gasteiger partial charge on any atom is -0.508 e. The lowest BCUT2D eigenvalue weighted by Gasteiger charge is -2.09. The van der Waals surface area contributed by atoms with Crippen LogP contribution >= 0.6 is 0 Å². The summed E-state index contributed by atoms with van der Waals surface area (Å²) in [5, 5.41) is 12.4. The SMILES string of the molecule is Cc1ccncc1CNC(=O)c1cccc(O)c1C. The summed E-state index contributed by atoms with van der Waals surface area (Å²) in [5.41, 5.74) is 3.14. The second-order valence-corrected chi connectivity index (χ2v) is 4.43. The van der Waals surface area contributed by atoms with Crippen molar-refractivity contribution >= 4 is 5.91 Å². The number of benzene rings is 1. The van der Waals surface area contributed by atoms with Gasteiger partial charge in [0.2, 0.25) is 0 Å². The maximum absolute atomic E-state index is 12.1. The van der Waals surface area contributed by atoms with Crippen molar-refractivity contribution in [2.75, 3.05) is 0 Å². The van der Waals surface area contributed by atoms with Gasteiger partial charge in [0.25, 0.3) is 5.91 Å². The van der Waals surface area contributed by atoms with Gasteiger partial charge < -0.3 is 10.4 Å². The molecule has 0 saturated carbocycles. The Morgan fingerprint density at radius 3 is 2.84 bits per heavy atom. The third kappa shape index (κ3) is 2.91. The molecule has 4 heteroatoms. The van der Waals surface area contributed by atoms with Gasteiger partial charge in [-0.2, -0.15) is 0 Å². The van der Waals surface area contributed by atoms with Crippen LogP contribution in [0.5, 0.6) is 5.75 Å². The summed E-state index contributed by atoms with van der Waals surface area (Å²) in [4.78, 5) is 16.1. The number of nitrogens with one attached hydrogen (secondary N) is 1. The lowest BCUT2D eigenvalue weighted by atomic mass is 10.1. The zero-order chi connectivity index (χ0) is 13.8. The van der Waals surface area contributed by atoms with E-state index in [1.54, 1.807) is 37.5 Å². The van der Waals surface area contributed by atoms with E-state index in [1.165, 1.54) is 0 Å². The van der Waals surface area contributed by atoms with E-state index >= 15 is 0 Å². The van der Waals surface area contributed by atoms with Crippen molar-refractivity contribution in [3.8, 4) is 5.75 Å². The van der Waals surface area contributed by atoms with Gasteiger partial charge in [0.15, 0.2) is 0 Å². The Hall–Kier alpha value is -2.36. The summed E-state index contributed by atoms with van der Waals surface area (Å²) in [7, 11) is 0. The zero-order valence-electron chi connectivity index (χ0n) is 11.0. The molecule has 1 aromatic carbocycles. The van der Waals surface area contributed by atoms with Crippen LogP contribution in [-0.4, -0.2) is 16.0 Å². The molecule has 1 aromatic heterocycles. The molecule has 0 atom stereocenters. The number of rotatable bonds is 3. The van der Waals surface area contributed by atoms with Gasteiger partial charge in [0.1, 0.15) is 5.75 Å². The van der Waals surface area contributed by atoms with Crippen molar-refractivity contribution in [3.63, 3.8) is 0 Å². The van der Waals surface area contributed by atoms with E-state index in [4.69, 9.17) is 0 Å². The Morgan fingerprint density at radius 2 is 2.11 bits per heavy atom. The molecule has 0 spiro atoms. The maximum atomic E-state index is 12.1. The van der Waals surface area contributed by atoms with Crippen LogP contribution in [0, 0.1) is 13.8 Å². The van der Waals surface area contributed by atoms with E-state index in [0.717, 1.165) is 11.1 Å². The second-order valence-electron chi connectivity index (χ2n) is 4.43. The molecule has 2 aromatic rings. The van der Waals surface area contributed by atoms with Crippen LogP contribution in [0.15, 0.2) is 36.7 Å². The van der Waals surface area contributed by atoms with Crippen molar-refractivity contribution in [1.29, 1.82) is 0 Å². The highest BCUT2D eigenvalue weighted by Crippen LogP contribution is 2.19. The molecule has 4 nitrogen and oxygen atoms in total. The molecule has 0 aliphatic heterocycles. The van der Waals surface area contributed by atoms with Crippen LogP contribution in [0.25, 0.3) is 0 Å². The Labute approximate surface area is 112 Å². The number of hydrogen-bond acceptors (Lipinski definition) is 3. The topological polar surface area (TPSA) is 62.2 Å². The maximum Gasteiger partial charge on any atom is 0.251 e. The Bertz CT molecular complexity index is 609. The quantitative estimate of drug-likeness (QED) is 0.886. The molecule has 0 aliphatic rings. The molecule has 2 N–H and O–H groups in total. The van der Waals surface area contributed by atoms with E-state index in [2.05, 4.69) is 10.3 Å². The van der Waals surface area contributed by atoms with Crippen molar-refractivity contribution in [3.05, 3.63) is 58.9 Å². The van der Waals surface area contributed by atoms with Gasteiger partial charge in [0, 0.05) is 30.1 Å². The smallest absolute Gasteiger partial charge is 0.251 e. The number of pyridine rings is 1. The number of hydrogen-bond donors (Lipinski definition) is 2. The van der Waals surface area contributed by atoms with Crippen LogP contribution < -0.4 is 5.32 Å². The third-order valence-corrected chi connectivity index (χ3v) is 3.14. The zero-order valence-corrected chi connectivity index (χ0v) is 11.0. The van der Waals surface area contributed by atoms with Gasteiger partial charge in [-0.25, -0.2) is 0 Å². The number of carbonyl (C=O) groups is 1. The first kappa shape index (κ1) is 13.1. The average Bonchev–Trinajstić information content (AvgIpc) is 2.40. The monoisotopic (exact) mass is 256 g/mol. The molecule has 0 aliphatic carbocycles. The van der Waals surface area contributed by atoms with Gasteiger partial charge in [-0.05, 0) is 43.2 Å². The number of phenolic OH excluding ortho intramolecular Hbond substituents is 1. The first-order chi connectivity index (χ1) is 9.09. The van der Waals surface area contributed by atoms with Crippen molar-refractivity contribution in [2.24, 2.45) is 0 Å². The van der Waals surface area contributed by atoms with Gasteiger partial charge in [0.05, 0.1) is 0 Å². The minimum absolute atomic E-state index is 0.130. The Kier molecular flexibility index (Phi) is 3.80. The number of amides is 1. The highest BCUT2D eigenvalue weighted by atomic mass is 16.3. The molecule has 0 unspecified atom stereocenters. The molecule has 19 heavy (non-hydrogen) atoms. The lowest BCUT2D eigenvalue weighted by Crippen LogP contribution is -2.24. The average molecular weight is 256 g/mol. The third-order valence-electron chi connectivity index (χ3n) is 3.14. The van der Waals surface area contributed by atoms with Gasteiger partial charge >= 0.3 is 0 Å². The largest absolute Gasteiger partial charge is 0.508 e. The van der Waals surface area contributed by atoms with Gasteiger partial charge in [-0.3, -0.25) is 9.78 Å². The van der Waals surface area contributed by atoms with E-state index in [9.17, 15) is 9.90 Å². The number of nitrogens with zero attached hydrogens (tertiary/aromatic N) is 1. The molecule has 1 heterocycles. The fraction of sp³-hybridized carbons (Fsp3) is 0.200. The molecular weight excluding hydrogens is 240 g/mol. The van der Waals surface area contributed by atoms with Crippen molar-refractivity contribution in [2.45, 2.75) is 20.4 Å². The fourth-order valence-electron chi connectivity index (χ4n) is 1.82. The first-order valence-electron chi connectivity index (χ1n) is 6.06. The predicted octanol–water partition coefficient (Wildman–Crippen LogP) is 2.33. The van der Waals surface area contributed by atoms with Crippen molar-refractivity contribution in [1.82, 2.24) is 10.3 Å². The molecule has 2 rings (SSSR count). The standard InChI is InChI=1S/C15H16N2O2/c1-10-6-7-16-8-12(10)9-17-15(19)13-4-3-5-14(18)11(13)2/h3-8,18H,9H2,1-2H3,(H,17,19). The number of aromatic hydroxyl groups is 1. The molecule has 0 radical (unpaired) electrons. The normalized spacial score (nSPS) is 10.2. The summed E-state index contributed by atoms with van der Waals surface area (Å²) in [6, 6.07) is 6.82. The molecule has 0 saturated heterocycles. The minimum atomic E-state index is -0.198. The lowest BCUT2D eigenvalue weighted by molar-refractivity contribution is 0.0950. The summed E-state index contributed by atoms with van der Waals surface area (Å²) >= 11 is 0. The summed E-state index contributed by atoms with van der Waals surface area (Å²) in [5.74, 6) is -0.0677. The fourth-order valence-corrected chi connectivity index (χ4v) is 1.82. The van der Waals surface area contributed by atoms with Crippen molar-refractivity contribution < 1.29 is 9.90 Å². The Morgan fingerprint density at radius 1 is 1.32 bits per heavy atom. The van der Waals surface area contributed by atoms with Crippen LogP contribution in [0.2, 0.25) is 0 Å². The van der Waals surface area contributed by atoms with Crippen LogP contribution in [0.1, 0.15) is 27.0 Å². The second kappa shape index (κ2) is 5.52. The number of aromatic nitrogens is 1. The number of phenols is 1. The van der Waals surface area contributed by atoms with E-state index < -0.39 is 0 Å². The summed E-state index contributed by atoms with van der Waals surface area (Å²) in [6.45, 7) is 4.12. The highest BCUT2D eigenvalue weighted by molar-refractivity contribution is 5.96. The first-order valence-corrected chi connectivity index (χ1v) is 6.06. The summed E-state index contributed by atoms with van der Waals surface area (Å²) < 4.78 is 0. The van der Waals surface area contributed by atoms with E-state index in [1.807, 2.05) is 13.0 Å². The van der Waals surface area contributed by atoms with Crippen LogP contribution in [0.3, 0.4) is 0 Å². The van der Waals surface area contributed by atoms with E-state index in [0.29, 0.717) is 17.7 Å². The Balaban J connectivity index is 2.10.